The molecule has 27 heavy (non-hydrogen) atoms. The van der Waals surface area contributed by atoms with E-state index in [0.717, 1.165) is 5.56 Å². The number of halogens is 1. The third kappa shape index (κ3) is 4.62. The maximum atomic E-state index is 13.6. The molecule has 0 saturated carbocycles. The van der Waals surface area contributed by atoms with E-state index in [1.54, 1.807) is 30.3 Å². The molecule has 0 spiro atoms. The normalized spacial score (nSPS) is 11.3. The summed E-state index contributed by atoms with van der Waals surface area (Å²) in [7, 11) is -3.58. The van der Waals surface area contributed by atoms with E-state index in [1.165, 1.54) is 30.3 Å². The number of carbonyl (C=O) groups excluding carboxylic acids is 1. The minimum absolute atomic E-state index is 0.00318. The van der Waals surface area contributed by atoms with Gasteiger partial charge in [0.25, 0.3) is 5.91 Å². The maximum Gasteiger partial charge on any atom is 0.287 e. The number of amides is 1. The first-order valence-electron chi connectivity index (χ1n) is 8.25. The Morgan fingerprint density at radius 1 is 1.04 bits per heavy atom. The molecule has 5 nitrogen and oxygen atoms in total. The number of hydrogen-bond acceptors (Lipinski definition) is 4. The first kappa shape index (κ1) is 18.8. The van der Waals surface area contributed by atoms with Gasteiger partial charge in [-0.3, -0.25) is 4.79 Å². The zero-order chi connectivity index (χ0) is 19.4. The minimum Gasteiger partial charge on any atom is -0.455 e. The molecule has 7 heteroatoms. The number of benzene rings is 2. The number of furan rings is 1. The molecule has 140 valence electrons. The van der Waals surface area contributed by atoms with Crippen molar-refractivity contribution in [3.63, 3.8) is 0 Å². The van der Waals surface area contributed by atoms with E-state index in [9.17, 15) is 17.6 Å². The van der Waals surface area contributed by atoms with Gasteiger partial charge in [0.2, 0.25) is 0 Å². The largest absolute Gasteiger partial charge is 0.455 e. The number of rotatable bonds is 6. The van der Waals surface area contributed by atoms with Crippen LogP contribution in [0.1, 0.15) is 27.4 Å². The fraction of sp³-hybridized carbons (Fsp3) is 0.150. The van der Waals surface area contributed by atoms with E-state index in [4.69, 9.17) is 4.42 Å². The summed E-state index contributed by atoms with van der Waals surface area (Å²) in [5.41, 5.74) is 1.31. The van der Waals surface area contributed by atoms with Crippen LogP contribution in [0.4, 0.5) is 4.39 Å². The van der Waals surface area contributed by atoms with Crippen molar-refractivity contribution in [2.24, 2.45) is 0 Å². The predicted molar refractivity (Wildman–Crippen MR) is 98.3 cm³/mol. The van der Waals surface area contributed by atoms with Crippen LogP contribution >= 0.6 is 0 Å². The Bertz CT molecular complexity index is 1060. The SMILES string of the molecule is Cc1ccc(S(=O)(=O)Cc2ccc(C(=O)NCc3ccccc3F)o2)cc1. The van der Waals surface area contributed by atoms with Gasteiger partial charge in [-0.2, -0.15) is 0 Å². The molecule has 0 aliphatic rings. The van der Waals surface area contributed by atoms with E-state index in [-0.39, 0.29) is 28.7 Å². The first-order valence-corrected chi connectivity index (χ1v) is 9.90. The Labute approximate surface area is 156 Å². The fourth-order valence-corrected chi connectivity index (χ4v) is 3.75. The van der Waals surface area contributed by atoms with Crippen molar-refractivity contribution < 1.29 is 22.0 Å². The van der Waals surface area contributed by atoms with E-state index in [1.807, 2.05) is 6.92 Å². The van der Waals surface area contributed by atoms with Crippen molar-refractivity contribution in [1.29, 1.82) is 0 Å². The van der Waals surface area contributed by atoms with E-state index >= 15 is 0 Å². The van der Waals surface area contributed by atoms with Gasteiger partial charge < -0.3 is 9.73 Å². The highest BCUT2D eigenvalue weighted by Crippen LogP contribution is 2.19. The quantitative estimate of drug-likeness (QED) is 0.701. The second-order valence-corrected chi connectivity index (χ2v) is 8.10. The van der Waals surface area contributed by atoms with Gasteiger partial charge in [0.05, 0.1) is 4.90 Å². The second-order valence-electron chi connectivity index (χ2n) is 6.11. The zero-order valence-electron chi connectivity index (χ0n) is 14.6. The summed E-state index contributed by atoms with van der Waals surface area (Å²) in [4.78, 5) is 12.3. The summed E-state index contributed by atoms with van der Waals surface area (Å²) in [6.45, 7) is 1.87. The molecule has 3 rings (SSSR count). The molecular weight excluding hydrogens is 369 g/mol. The smallest absolute Gasteiger partial charge is 0.287 e. The monoisotopic (exact) mass is 387 g/mol. The number of sulfone groups is 1. The lowest BCUT2D eigenvalue weighted by molar-refractivity contribution is 0.0921. The molecule has 0 aliphatic carbocycles. The summed E-state index contributed by atoms with van der Waals surface area (Å²) in [5.74, 6) is -1.18. The molecule has 1 heterocycles. The van der Waals surface area contributed by atoms with Crippen LogP contribution in [0.5, 0.6) is 0 Å². The van der Waals surface area contributed by atoms with Crippen LogP contribution in [-0.2, 0) is 22.1 Å². The fourth-order valence-electron chi connectivity index (χ4n) is 2.50. The van der Waals surface area contributed by atoms with Crippen molar-refractivity contribution in [2.75, 3.05) is 0 Å². The predicted octanol–water partition coefficient (Wildman–Crippen LogP) is 3.63. The standard InChI is InChI=1S/C20H18FNO4S/c1-14-6-9-17(10-7-14)27(24,25)13-16-8-11-19(26-16)20(23)22-12-15-4-2-3-5-18(15)21/h2-11H,12-13H2,1H3,(H,22,23). The van der Waals surface area contributed by atoms with Crippen LogP contribution < -0.4 is 5.32 Å². The summed E-state index contributed by atoms with van der Waals surface area (Å²) in [6.07, 6.45) is 0. The molecule has 2 aromatic carbocycles. The van der Waals surface area contributed by atoms with Crippen LogP contribution in [0.25, 0.3) is 0 Å². The molecule has 0 fully saturated rings. The van der Waals surface area contributed by atoms with Gasteiger partial charge >= 0.3 is 0 Å². The molecule has 0 unspecified atom stereocenters. The van der Waals surface area contributed by atoms with Crippen molar-refractivity contribution in [2.45, 2.75) is 24.1 Å². The van der Waals surface area contributed by atoms with Crippen molar-refractivity contribution in [3.05, 3.63) is 89.1 Å². The van der Waals surface area contributed by atoms with Crippen LogP contribution in [0.3, 0.4) is 0 Å². The lowest BCUT2D eigenvalue weighted by Crippen LogP contribution is -2.22. The lowest BCUT2D eigenvalue weighted by atomic mass is 10.2. The Hall–Kier alpha value is -2.93. The second kappa shape index (κ2) is 7.75. The van der Waals surface area contributed by atoms with Crippen molar-refractivity contribution >= 4 is 15.7 Å². The Balaban J connectivity index is 1.66. The van der Waals surface area contributed by atoms with Crippen LogP contribution in [0, 0.1) is 12.7 Å². The number of carbonyl (C=O) groups is 1. The summed E-state index contributed by atoms with van der Waals surface area (Å²) in [5, 5.41) is 2.55. The van der Waals surface area contributed by atoms with Gasteiger partial charge in [-0.1, -0.05) is 35.9 Å². The number of aryl methyl sites for hydroxylation is 1. The highest BCUT2D eigenvalue weighted by molar-refractivity contribution is 7.90. The molecule has 0 saturated heterocycles. The molecule has 1 aromatic heterocycles. The lowest BCUT2D eigenvalue weighted by Gasteiger charge is -2.05. The number of hydrogen-bond donors (Lipinski definition) is 1. The number of nitrogens with one attached hydrogen (secondary N) is 1. The van der Waals surface area contributed by atoms with E-state index in [2.05, 4.69) is 5.32 Å². The van der Waals surface area contributed by atoms with Gasteiger partial charge in [-0.05, 0) is 37.3 Å². The molecular formula is C20H18FNO4S. The average molecular weight is 387 g/mol. The molecule has 3 aromatic rings. The molecule has 0 radical (unpaired) electrons. The first-order chi connectivity index (χ1) is 12.8. The van der Waals surface area contributed by atoms with Gasteiger partial charge in [-0.15, -0.1) is 0 Å². The van der Waals surface area contributed by atoms with Crippen LogP contribution in [-0.4, -0.2) is 14.3 Å². The third-order valence-electron chi connectivity index (χ3n) is 4.00. The summed E-state index contributed by atoms with van der Waals surface area (Å²) < 4.78 is 43.8. The zero-order valence-corrected chi connectivity index (χ0v) is 15.4. The van der Waals surface area contributed by atoms with Crippen LogP contribution in [0.2, 0.25) is 0 Å². The van der Waals surface area contributed by atoms with E-state index in [0.29, 0.717) is 5.56 Å². The highest BCUT2D eigenvalue weighted by atomic mass is 32.2. The third-order valence-corrected chi connectivity index (χ3v) is 5.65. The Kier molecular flexibility index (Phi) is 5.41. The average Bonchev–Trinajstić information content (AvgIpc) is 3.09. The Morgan fingerprint density at radius 2 is 1.74 bits per heavy atom. The summed E-state index contributed by atoms with van der Waals surface area (Å²) >= 11 is 0. The van der Waals surface area contributed by atoms with Gasteiger partial charge in [0.1, 0.15) is 17.3 Å². The minimum atomic E-state index is -3.58. The van der Waals surface area contributed by atoms with Gasteiger partial charge in [0, 0.05) is 12.1 Å². The molecule has 0 aliphatic heterocycles. The van der Waals surface area contributed by atoms with Crippen molar-refractivity contribution in [1.82, 2.24) is 5.32 Å². The molecule has 1 N–H and O–H groups in total. The van der Waals surface area contributed by atoms with Gasteiger partial charge in [0.15, 0.2) is 15.6 Å². The van der Waals surface area contributed by atoms with Crippen LogP contribution in [0.15, 0.2) is 70.0 Å². The molecule has 0 bridgehead atoms. The highest BCUT2D eigenvalue weighted by Gasteiger charge is 2.19. The van der Waals surface area contributed by atoms with Gasteiger partial charge in [-0.25, -0.2) is 12.8 Å². The van der Waals surface area contributed by atoms with E-state index < -0.39 is 21.6 Å². The maximum absolute atomic E-state index is 13.6. The van der Waals surface area contributed by atoms with Crippen molar-refractivity contribution in [3.8, 4) is 0 Å². The molecule has 1 amide bonds. The summed E-state index contributed by atoms with van der Waals surface area (Å²) in [6, 6.07) is 15.5. The Morgan fingerprint density at radius 3 is 2.44 bits per heavy atom. The molecule has 0 atom stereocenters. The topological polar surface area (TPSA) is 76.4 Å².